The Kier molecular flexibility index (Phi) is 18.1. The molecule has 130 heavy (non-hydrogen) atoms. The highest BCUT2D eigenvalue weighted by atomic mass is 16.3. The lowest BCUT2D eigenvalue weighted by Crippen LogP contribution is -2.00. The second-order valence-corrected chi connectivity index (χ2v) is 33.4. The van der Waals surface area contributed by atoms with E-state index in [2.05, 4.69) is 376 Å². The van der Waals surface area contributed by atoms with Crippen molar-refractivity contribution in [2.45, 2.75) is 0 Å². The molecule has 0 fully saturated rings. The monoisotopic (exact) mass is 1650 g/mol. The molecular formula is C122H74N6O2. The van der Waals surface area contributed by atoms with E-state index in [0.29, 0.717) is 34.9 Å². The second-order valence-electron chi connectivity index (χ2n) is 33.4. The SMILES string of the molecule is c1ccc(-c2ccc(-c3nc(-c4ccccc4)nc(-c4cccc5oc6c(-c7cc8ccccc8c8ccccc78)cc(-c7cc8ccccc8c8ccccc78)cc6c45)n3)cc2)cc1.c1ccc(-c2ccc(-c3nc(-c4ccccc4)nc(-c4cccc5oc6c(-c7ccc8ccc9ccccc9c8c7)cc(-c7ccc8ccc9ccccc9c8c7)cc6c45)n3)cc2)cc1. The maximum Gasteiger partial charge on any atom is 0.164 e. The summed E-state index contributed by atoms with van der Waals surface area (Å²) in [6, 6.07) is 159. The Morgan fingerprint density at radius 2 is 0.423 bits per heavy atom. The molecule has 0 atom stereocenters. The van der Waals surface area contributed by atoms with E-state index in [0.717, 1.165) is 144 Å². The summed E-state index contributed by atoms with van der Waals surface area (Å²) in [6.45, 7) is 0. The summed E-state index contributed by atoms with van der Waals surface area (Å²) in [6.07, 6.45) is 0. The lowest BCUT2D eigenvalue weighted by atomic mass is 9.88. The normalized spacial score (nSPS) is 11.7. The van der Waals surface area contributed by atoms with Crippen LogP contribution in [0.1, 0.15) is 0 Å². The highest BCUT2D eigenvalue weighted by Crippen LogP contribution is 2.50. The maximum absolute atomic E-state index is 7.12. The van der Waals surface area contributed by atoms with E-state index in [1.165, 1.54) is 86.2 Å². The topological polar surface area (TPSA) is 104 Å². The molecule has 26 rings (SSSR count). The van der Waals surface area contributed by atoms with Gasteiger partial charge < -0.3 is 8.83 Å². The average Bonchev–Trinajstić information content (AvgIpc) is 1.56. The van der Waals surface area contributed by atoms with E-state index in [9.17, 15) is 0 Å². The molecule has 4 aromatic heterocycles. The molecule has 0 saturated heterocycles. The Hall–Kier alpha value is -17.5. The number of hydrogen-bond acceptors (Lipinski definition) is 8. The molecule has 0 radical (unpaired) electrons. The van der Waals surface area contributed by atoms with Crippen molar-refractivity contribution >= 4 is 130 Å². The van der Waals surface area contributed by atoms with Crippen molar-refractivity contribution in [3.8, 4) is 135 Å². The van der Waals surface area contributed by atoms with Crippen LogP contribution in [0.3, 0.4) is 0 Å². The lowest BCUT2D eigenvalue weighted by Gasteiger charge is -2.15. The van der Waals surface area contributed by atoms with Gasteiger partial charge in [-0.2, -0.15) is 0 Å². The van der Waals surface area contributed by atoms with Gasteiger partial charge in [-0.3, -0.25) is 0 Å². The smallest absolute Gasteiger partial charge is 0.164 e. The summed E-state index contributed by atoms with van der Waals surface area (Å²) >= 11 is 0. The molecule has 26 aromatic rings. The van der Waals surface area contributed by atoms with E-state index in [4.69, 9.17) is 38.7 Å². The van der Waals surface area contributed by atoms with Gasteiger partial charge in [0.25, 0.3) is 0 Å². The average molecular weight is 1660 g/mol. The molecule has 0 aliphatic heterocycles. The summed E-state index contributed by atoms with van der Waals surface area (Å²) in [5, 5.41) is 23.2. The van der Waals surface area contributed by atoms with Gasteiger partial charge >= 0.3 is 0 Å². The van der Waals surface area contributed by atoms with Gasteiger partial charge in [0.2, 0.25) is 0 Å². The molecule has 0 saturated carbocycles. The first-order valence-electron chi connectivity index (χ1n) is 44.0. The zero-order valence-electron chi connectivity index (χ0n) is 70.2. The van der Waals surface area contributed by atoms with Crippen molar-refractivity contribution in [3.05, 3.63) is 449 Å². The van der Waals surface area contributed by atoms with Crippen molar-refractivity contribution in [2.24, 2.45) is 0 Å². The molecule has 0 amide bonds. The summed E-state index contributed by atoms with van der Waals surface area (Å²) in [5.74, 6) is 3.57. The number of fused-ring (bicyclic) bond motifs is 18. The molecule has 0 bridgehead atoms. The highest BCUT2D eigenvalue weighted by molar-refractivity contribution is 6.23. The van der Waals surface area contributed by atoms with Gasteiger partial charge in [-0.1, -0.05) is 388 Å². The molecule has 4 heterocycles. The first-order valence-corrected chi connectivity index (χ1v) is 44.0. The summed E-state index contributed by atoms with van der Waals surface area (Å²) in [7, 11) is 0. The van der Waals surface area contributed by atoms with Gasteiger partial charge in [-0.05, 0) is 202 Å². The number of rotatable bonds is 12. The predicted molar refractivity (Wildman–Crippen MR) is 539 cm³/mol. The van der Waals surface area contributed by atoms with Crippen LogP contribution in [0.5, 0.6) is 0 Å². The fourth-order valence-electron chi connectivity index (χ4n) is 19.5. The van der Waals surface area contributed by atoms with Crippen LogP contribution >= 0.6 is 0 Å². The molecule has 0 aliphatic rings. The maximum atomic E-state index is 7.12. The number of nitrogens with zero attached hydrogens (tertiary/aromatic N) is 6. The fraction of sp³-hybridized carbons (Fsp3) is 0. The van der Waals surface area contributed by atoms with Crippen molar-refractivity contribution in [2.75, 3.05) is 0 Å². The third kappa shape index (κ3) is 13.2. The van der Waals surface area contributed by atoms with Crippen LogP contribution in [0, 0.1) is 0 Å². The minimum absolute atomic E-state index is 0.577. The number of benzene rings is 22. The van der Waals surface area contributed by atoms with Crippen LogP contribution in [0.4, 0.5) is 0 Å². The van der Waals surface area contributed by atoms with Gasteiger partial charge in [-0.25, -0.2) is 29.9 Å². The van der Waals surface area contributed by atoms with Crippen molar-refractivity contribution in [1.29, 1.82) is 0 Å². The summed E-state index contributed by atoms with van der Waals surface area (Å²) in [5.41, 5.74) is 21.9. The van der Waals surface area contributed by atoms with Crippen LogP contribution < -0.4 is 0 Å². The molecular weight excluding hydrogens is 1580 g/mol. The lowest BCUT2D eigenvalue weighted by molar-refractivity contribution is 0.669. The zero-order chi connectivity index (χ0) is 85.7. The van der Waals surface area contributed by atoms with Gasteiger partial charge in [-0.15, -0.1) is 0 Å². The minimum Gasteiger partial charge on any atom is -0.455 e. The van der Waals surface area contributed by atoms with E-state index < -0.39 is 0 Å². The molecule has 0 spiro atoms. The Morgan fingerprint density at radius 1 is 0.131 bits per heavy atom. The van der Waals surface area contributed by atoms with Gasteiger partial charge in [0.05, 0.1) is 0 Å². The summed E-state index contributed by atoms with van der Waals surface area (Å²) in [4.78, 5) is 31.2. The molecule has 22 aromatic carbocycles. The first-order chi connectivity index (χ1) is 64.4. The van der Waals surface area contributed by atoms with Crippen LogP contribution in [-0.2, 0) is 0 Å². The first kappa shape index (κ1) is 75.1. The van der Waals surface area contributed by atoms with Crippen molar-refractivity contribution < 1.29 is 8.83 Å². The van der Waals surface area contributed by atoms with Gasteiger partial charge in [0.15, 0.2) is 34.9 Å². The van der Waals surface area contributed by atoms with Crippen LogP contribution in [-0.4, -0.2) is 29.9 Å². The predicted octanol–water partition coefficient (Wildman–Crippen LogP) is 32.8. The Labute approximate surface area is 747 Å². The molecule has 0 unspecified atom stereocenters. The molecule has 0 N–H and O–H groups in total. The van der Waals surface area contributed by atoms with E-state index in [1.807, 2.05) is 72.8 Å². The van der Waals surface area contributed by atoms with Crippen molar-refractivity contribution in [1.82, 2.24) is 29.9 Å². The quantitative estimate of drug-likeness (QED) is 0.111. The van der Waals surface area contributed by atoms with E-state index in [-0.39, 0.29) is 0 Å². The molecule has 604 valence electrons. The van der Waals surface area contributed by atoms with Crippen LogP contribution in [0.25, 0.3) is 265 Å². The van der Waals surface area contributed by atoms with E-state index in [1.54, 1.807) is 0 Å². The molecule has 8 heteroatoms. The summed E-state index contributed by atoms with van der Waals surface area (Å²) < 4.78 is 14.2. The third-order valence-corrected chi connectivity index (χ3v) is 25.8. The second kappa shape index (κ2) is 31.3. The number of furan rings is 2. The fourth-order valence-corrected chi connectivity index (χ4v) is 19.5. The largest absolute Gasteiger partial charge is 0.455 e. The number of hydrogen-bond donors (Lipinski definition) is 0. The van der Waals surface area contributed by atoms with Crippen LogP contribution in [0.15, 0.2) is 458 Å². The Bertz CT molecular complexity index is 9030. The van der Waals surface area contributed by atoms with Gasteiger partial charge in [0.1, 0.15) is 22.3 Å². The van der Waals surface area contributed by atoms with Gasteiger partial charge in [0, 0.05) is 66.1 Å². The Morgan fingerprint density at radius 3 is 0.885 bits per heavy atom. The highest BCUT2D eigenvalue weighted by Gasteiger charge is 2.27. The molecule has 8 nitrogen and oxygen atoms in total. The van der Waals surface area contributed by atoms with E-state index >= 15 is 0 Å². The minimum atomic E-state index is 0.577. The number of aromatic nitrogens is 6. The third-order valence-electron chi connectivity index (χ3n) is 25.8. The van der Waals surface area contributed by atoms with Crippen LogP contribution in [0.2, 0.25) is 0 Å². The Balaban J connectivity index is 0.000000140. The van der Waals surface area contributed by atoms with Crippen molar-refractivity contribution in [3.63, 3.8) is 0 Å². The standard InChI is InChI=1S/2C61H37N3O/c1-3-16-38(17-4-1)39-30-32-41(33-31-39)60-62-59(40-18-5-2-6-19-40)63-61(64-60)51-28-15-29-56-57(51)55-37-44(52-34-42-20-7-9-22-45(42)47-24-11-13-26-49(47)52)36-54(58(55)65-56)53-35-43-21-8-10-23-46(43)48-25-12-14-27-50(48)53;1-3-12-38(13-4-1)39-22-30-45(31-23-39)60-62-59(44-16-5-2-6-17-44)63-61(64-60)51-20-11-21-56-57(51)55-37-48(46-32-28-42-26-24-40-14-7-9-18-49(40)52(42)34-46)36-54(58(55)65-56)47-33-29-43-27-25-41-15-8-10-19-50(41)53(43)35-47/h2*1-37H. The molecule has 0 aliphatic carbocycles. The zero-order valence-corrected chi connectivity index (χ0v) is 70.2.